The molecule has 0 atom stereocenters. The van der Waals surface area contributed by atoms with Gasteiger partial charge in [-0.15, -0.1) is 11.3 Å². The fraction of sp³-hybridized carbons (Fsp3) is 0.250. The minimum Gasteiger partial charge on any atom is -0.452 e. The molecule has 0 aliphatic carbocycles. The van der Waals surface area contributed by atoms with E-state index in [1.54, 1.807) is 32.1 Å². The Hall–Kier alpha value is -2.82. The van der Waals surface area contributed by atoms with Crippen molar-refractivity contribution in [3.05, 3.63) is 59.3 Å². The number of nitrogens with zero attached hydrogens (tertiary/aromatic N) is 3. The van der Waals surface area contributed by atoms with Gasteiger partial charge in [-0.1, -0.05) is 37.2 Å². The monoisotopic (exact) mass is 447 g/mol. The van der Waals surface area contributed by atoms with Gasteiger partial charge in [0.25, 0.3) is 5.89 Å². The molecular weight excluding hydrogens is 426 g/mol. The molecular formula is C20H21N3O5S2. The zero-order valence-electron chi connectivity index (χ0n) is 16.5. The first-order valence-electron chi connectivity index (χ1n) is 9.25. The number of carbonyl (C=O) groups excluding carboxylic acids is 1. The quantitative estimate of drug-likeness (QED) is 0.365. The van der Waals surface area contributed by atoms with Gasteiger partial charge >= 0.3 is 5.97 Å². The highest BCUT2D eigenvalue weighted by Gasteiger charge is 2.21. The standard InChI is InChI=1S/C20H21N3O5S2/c1-3-23(4-2)30(25,26)16-10-7-15(8-11-16)9-12-19(24)27-14-18-21-20(22-28-18)17-6-5-13-29-17/h5-13H,3-4,14H2,1-2H3/b12-9+. The minimum atomic E-state index is -3.51. The van der Waals surface area contributed by atoms with Gasteiger partial charge in [0, 0.05) is 19.2 Å². The second-order valence-corrected chi connectivity index (χ2v) is 8.97. The number of ether oxygens (including phenoxy) is 1. The summed E-state index contributed by atoms with van der Waals surface area (Å²) in [7, 11) is -3.51. The van der Waals surface area contributed by atoms with Crippen molar-refractivity contribution < 1.29 is 22.5 Å². The Bertz CT molecular complexity index is 1100. The molecule has 2 heterocycles. The van der Waals surface area contributed by atoms with Crippen LogP contribution in [-0.4, -0.2) is 41.9 Å². The SMILES string of the molecule is CCN(CC)S(=O)(=O)c1ccc(/C=C/C(=O)OCc2nc(-c3cccs3)no2)cc1. The van der Waals surface area contributed by atoms with E-state index < -0.39 is 16.0 Å². The average Bonchev–Trinajstić information content (AvgIpc) is 3.43. The minimum absolute atomic E-state index is 0.136. The number of esters is 1. The molecule has 3 aromatic rings. The Balaban J connectivity index is 1.56. The van der Waals surface area contributed by atoms with E-state index in [0.717, 1.165) is 4.88 Å². The van der Waals surface area contributed by atoms with Crippen molar-refractivity contribution >= 4 is 33.4 Å². The average molecular weight is 448 g/mol. The summed E-state index contributed by atoms with van der Waals surface area (Å²) in [6.45, 7) is 4.26. The third kappa shape index (κ3) is 5.21. The van der Waals surface area contributed by atoms with Gasteiger partial charge in [-0.3, -0.25) is 0 Å². The largest absolute Gasteiger partial charge is 0.452 e. The molecule has 10 heteroatoms. The van der Waals surface area contributed by atoms with E-state index in [9.17, 15) is 13.2 Å². The summed E-state index contributed by atoms with van der Waals surface area (Å²) in [5.74, 6) is 0.0724. The van der Waals surface area contributed by atoms with Gasteiger partial charge < -0.3 is 9.26 Å². The zero-order chi connectivity index (χ0) is 21.6. The van der Waals surface area contributed by atoms with E-state index >= 15 is 0 Å². The number of benzene rings is 1. The highest BCUT2D eigenvalue weighted by atomic mass is 32.2. The van der Waals surface area contributed by atoms with E-state index in [4.69, 9.17) is 9.26 Å². The Morgan fingerprint density at radius 2 is 1.93 bits per heavy atom. The zero-order valence-corrected chi connectivity index (χ0v) is 18.1. The van der Waals surface area contributed by atoms with E-state index in [-0.39, 0.29) is 17.4 Å². The van der Waals surface area contributed by atoms with Crippen LogP contribution in [0.4, 0.5) is 0 Å². The number of sulfonamides is 1. The molecule has 1 aromatic carbocycles. The van der Waals surface area contributed by atoms with Crippen LogP contribution < -0.4 is 0 Å². The maximum atomic E-state index is 12.5. The van der Waals surface area contributed by atoms with Crippen LogP contribution in [0.25, 0.3) is 16.8 Å². The van der Waals surface area contributed by atoms with E-state index in [1.165, 1.54) is 33.9 Å². The number of carbonyl (C=O) groups is 1. The van der Waals surface area contributed by atoms with Crippen LogP contribution in [0.2, 0.25) is 0 Å². The molecule has 30 heavy (non-hydrogen) atoms. The van der Waals surface area contributed by atoms with Crippen LogP contribution >= 0.6 is 11.3 Å². The first-order valence-corrected chi connectivity index (χ1v) is 11.6. The second-order valence-electron chi connectivity index (χ2n) is 6.09. The van der Waals surface area contributed by atoms with E-state index in [0.29, 0.717) is 24.5 Å². The molecule has 0 unspecified atom stereocenters. The lowest BCUT2D eigenvalue weighted by molar-refractivity contribution is -0.139. The van der Waals surface area contributed by atoms with Crippen molar-refractivity contribution in [3.63, 3.8) is 0 Å². The molecule has 0 amide bonds. The van der Waals surface area contributed by atoms with Crippen molar-refractivity contribution in [1.82, 2.24) is 14.4 Å². The highest BCUT2D eigenvalue weighted by Crippen LogP contribution is 2.21. The maximum Gasteiger partial charge on any atom is 0.331 e. The maximum absolute atomic E-state index is 12.5. The molecule has 0 fully saturated rings. The van der Waals surface area contributed by atoms with Crippen molar-refractivity contribution in [1.29, 1.82) is 0 Å². The Kier molecular flexibility index (Phi) is 7.14. The molecule has 0 aliphatic heterocycles. The number of rotatable bonds is 9. The van der Waals surface area contributed by atoms with Crippen molar-refractivity contribution in [2.24, 2.45) is 0 Å². The third-order valence-corrected chi connectivity index (χ3v) is 7.11. The first kappa shape index (κ1) is 21.9. The number of aromatic nitrogens is 2. The Morgan fingerprint density at radius 1 is 1.20 bits per heavy atom. The summed E-state index contributed by atoms with van der Waals surface area (Å²) >= 11 is 1.48. The summed E-state index contributed by atoms with van der Waals surface area (Å²) in [6.07, 6.45) is 2.80. The predicted molar refractivity (Wildman–Crippen MR) is 113 cm³/mol. The van der Waals surface area contributed by atoms with E-state index in [1.807, 2.05) is 17.5 Å². The van der Waals surface area contributed by atoms with Gasteiger partial charge in [-0.05, 0) is 35.2 Å². The normalized spacial score (nSPS) is 12.0. The highest BCUT2D eigenvalue weighted by molar-refractivity contribution is 7.89. The van der Waals surface area contributed by atoms with E-state index in [2.05, 4.69) is 10.1 Å². The van der Waals surface area contributed by atoms with Crippen LogP contribution in [0.5, 0.6) is 0 Å². The lowest BCUT2D eigenvalue weighted by Gasteiger charge is -2.18. The predicted octanol–water partition coefficient (Wildman–Crippen LogP) is 3.59. The van der Waals surface area contributed by atoms with Gasteiger partial charge in [0.05, 0.1) is 9.77 Å². The smallest absolute Gasteiger partial charge is 0.331 e. The fourth-order valence-electron chi connectivity index (χ4n) is 2.63. The van der Waals surface area contributed by atoms with Crippen LogP contribution in [0.3, 0.4) is 0 Å². The number of thiophene rings is 1. The van der Waals surface area contributed by atoms with Crippen LogP contribution in [0.15, 0.2) is 57.3 Å². The third-order valence-electron chi connectivity index (χ3n) is 4.18. The summed E-state index contributed by atoms with van der Waals surface area (Å²) in [4.78, 5) is 17.2. The molecule has 0 bridgehead atoms. The Morgan fingerprint density at radius 3 is 2.57 bits per heavy atom. The summed E-state index contributed by atoms with van der Waals surface area (Å²) in [5.41, 5.74) is 0.670. The van der Waals surface area contributed by atoms with Crippen LogP contribution in [0.1, 0.15) is 25.3 Å². The van der Waals surface area contributed by atoms with Crippen molar-refractivity contribution in [2.45, 2.75) is 25.3 Å². The van der Waals surface area contributed by atoms with Crippen LogP contribution in [0, 0.1) is 0 Å². The molecule has 8 nitrogen and oxygen atoms in total. The number of hydrogen-bond acceptors (Lipinski definition) is 8. The van der Waals surface area contributed by atoms with Gasteiger partial charge in [-0.2, -0.15) is 9.29 Å². The summed E-state index contributed by atoms with van der Waals surface area (Å²) in [6, 6.07) is 10.0. The Labute approximate surface area is 178 Å². The molecule has 0 aliphatic rings. The lowest BCUT2D eigenvalue weighted by Crippen LogP contribution is -2.30. The molecule has 2 aromatic heterocycles. The molecule has 0 saturated carbocycles. The van der Waals surface area contributed by atoms with Crippen LogP contribution in [-0.2, 0) is 26.2 Å². The number of hydrogen-bond donors (Lipinski definition) is 0. The van der Waals surface area contributed by atoms with Gasteiger partial charge in [0.1, 0.15) is 0 Å². The molecule has 3 rings (SSSR count). The molecule has 0 saturated heterocycles. The second kappa shape index (κ2) is 9.79. The molecule has 158 valence electrons. The topological polar surface area (TPSA) is 103 Å². The van der Waals surface area contributed by atoms with Gasteiger partial charge in [-0.25, -0.2) is 13.2 Å². The van der Waals surface area contributed by atoms with Crippen molar-refractivity contribution in [3.8, 4) is 10.7 Å². The molecule has 0 radical (unpaired) electrons. The molecule has 0 N–H and O–H groups in total. The first-order chi connectivity index (χ1) is 14.4. The van der Waals surface area contributed by atoms with Gasteiger partial charge in [0.15, 0.2) is 6.61 Å². The van der Waals surface area contributed by atoms with Crippen molar-refractivity contribution in [2.75, 3.05) is 13.1 Å². The lowest BCUT2D eigenvalue weighted by atomic mass is 10.2. The van der Waals surface area contributed by atoms with Gasteiger partial charge in [0.2, 0.25) is 15.8 Å². The molecule has 0 spiro atoms. The summed E-state index contributed by atoms with van der Waals surface area (Å²) < 4.78 is 36.5. The fourth-order valence-corrected chi connectivity index (χ4v) is 4.74. The summed E-state index contributed by atoms with van der Waals surface area (Å²) in [5, 5.41) is 5.75.